The van der Waals surface area contributed by atoms with Gasteiger partial charge in [-0.2, -0.15) is 8.78 Å². The highest BCUT2D eigenvalue weighted by atomic mass is 19.3. The van der Waals surface area contributed by atoms with Gasteiger partial charge in [0.05, 0.1) is 6.04 Å². The van der Waals surface area contributed by atoms with Crippen molar-refractivity contribution in [3.05, 3.63) is 57.8 Å². The van der Waals surface area contributed by atoms with E-state index in [9.17, 15) is 18.4 Å². The van der Waals surface area contributed by atoms with E-state index in [2.05, 4.69) is 20.0 Å². The van der Waals surface area contributed by atoms with Gasteiger partial charge in [0, 0.05) is 12.0 Å². The Morgan fingerprint density at radius 1 is 1.32 bits per heavy atom. The average molecular weight is 349 g/mol. The van der Waals surface area contributed by atoms with Crippen molar-refractivity contribution >= 4 is 5.91 Å². The lowest BCUT2D eigenvalue weighted by Crippen LogP contribution is -2.29. The van der Waals surface area contributed by atoms with Crippen LogP contribution in [0.25, 0.3) is 0 Å². The third-order valence-corrected chi connectivity index (χ3v) is 3.91. The number of aromatic amines is 1. The minimum atomic E-state index is -2.88. The van der Waals surface area contributed by atoms with Gasteiger partial charge in [0.1, 0.15) is 17.3 Å². The number of benzene rings is 1. The Morgan fingerprint density at radius 2 is 2.00 bits per heavy atom. The van der Waals surface area contributed by atoms with E-state index in [1.165, 1.54) is 12.1 Å². The molecule has 25 heavy (non-hydrogen) atoms. The van der Waals surface area contributed by atoms with Crippen LogP contribution >= 0.6 is 0 Å². The number of hydrogen-bond acceptors (Lipinski definition) is 4. The fourth-order valence-electron chi connectivity index (χ4n) is 2.43. The zero-order chi connectivity index (χ0) is 18.0. The van der Waals surface area contributed by atoms with Crippen molar-refractivity contribution in [1.82, 2.24) is 15.3 Å². The molecule has 0 radical (unpaired) electrons. The number of aromatic nitrogens is 2. The molecule has 0 spiro atoms. The molecule has 8 heteroatoms. The maximum atomic E-state index is 12.3. The Labute approximate surface area is 142 Å². The van der Waals surface area contributed by atoms with Crippen molar-refractivity contribution in [2.75, 3.05) is 0 Å². The molecule has 2 aromatic rings. The van der Waals surface area contributed by atoms with Gasteiger partial charge >= 0.3 is 6.61 Å². The van der Waals surface area contributed by atoms with Crippen molar-refractivity contribution in [3.8, 4) is 5.75 Å². The molecule has 0 unspecified atom stereocenters. The van der Waals surface area contributed by atoms with Crippen LogP contribution in [0.5, 0.6) is 5.75 Å². The molecule has 1 heterocycles. The SMILES string of the molecule is C[C@@H](NC(=O)c1cc(=O)[nH]c(C2CC2)n1)c1ccc(OC(F)F)cc1. The predicted molar refractivity (Wildman–Crippen MR) is 85.8 cm³/mol. The van der Waals surface area contributed by atoms with E-state index >= 15 is 0 Å². The molecule has 1 fully saturated rings. The quantitative estimate of drug-likeness (QED) is 0.840. The van der Waals surface area contributed by atoms with Crippen LogP contribution in [0.1, 0.15) is 53.6 Å². The van der Waals surface area contributed by atoms with Crippen LogP contribution < -0.4 is 15.6 Å². The monoisotopic (exact) mass is 349 g/mol. The number of hydrogen-bond donors (Lipinski definition) is 2. The number of halogens is 2. The first-order valence-corrected chi connectivity index (χ1v) is 7.89. The zero-order valence-electron chi connectivity index (χ0n) is 13.5. The van der Waals surface area contributed by atoms with E-state index in [4.69, 9.17) is 0 Å². The zero-order valence-corrected chi connectivity index (χ0v) is 13.5. The van der Waals surface area contributed by atoms with Crippen molar-refractivity contribution in [2.45, 2.75) is 38.3 Å². The van der Waals surface area contributed by atoms with E-state index < -0.39 is 18.6 Å². The van der Waals surface area contributed by atoms with Crippen molar-refractivity contribution in [1.29, 1.82) is 0 Å². The molecule has 0 bridgehead atoms. The number of nitrogens with one attached hydrogen (secondary N) is 2. The molecule has 1 atom stereocenters. The highest BCUT2D eigenvalue weighted by molar-refractivity contribution is 5.92. The summed E-state index contributed by atoms with van der Waals surface area (Å²) in [5.41, 5.74) is 0.417. The topological polar surface area (TPSA) is 84.1 Å². The maximum absolute atomic E-state index is 12.3. The van der Waals surface area contributed by atoms with Crippen LogP contribution in [-0.4, -0.2) is 22.5 Å². The first kappa shape index (κ1) is 17.1. The van der Waals surface area contributed by atoms with Gasteiger partial charge in [-0.3, -0.25) is 9.59 Å². The minimum Gasteiger partial charge on any atom is -0.435 e. The highest BCUT2D eigenvalue weighted by Crippen LogP contribution is 2.37. The number of carbonyl (C=O) groups excluding carboxylic acids is 1. The van der Waals surface area contributed by atoms with E-state index in [0.29, 0.717) is 11.4 Å². The maximum Gasteiger partial charge on any atom is 0.387 e. The van der Waals surface area contributed by atoms with Gasteiger partial charge in [0.2, 0.25) is 0 Å². The molecule has 0 saturated heterocycles. The summed E-state index contributed by atoms with van der Waals surface area (Å²) >= 11 is 0. The van der Waals surface area contributed by atoms with Crippen molar-refractivity contribution < 1.29 is 18.3 Å². The smallest absolute Gasteiger partial charge is 0.387 e. The average Bonchev–Trinajstić information content (AvgIpc) is 3.39. The molecule has 1 aromatic heterocycles. The molecule has 2 N–H and O–H groups in total. The fourth-order valence-corrected chi connectivity index (χ4v) is 2.43. The normalized spacial score (nSPS) is 15.0. The van der Waals surface area contributed by atoms with Crippen LogP contribution in [0.4, 0.5) is 8.78 Å². The van der Waals surface area contributed by atoms with E-state index in [-0.39, 0.29) is 22.9 Å². The Bertz CT molecular complexity index is 817. The minimum absolute atomic E-state index is 0.0441. The van der Waals surface area contributed by atoms with Gasteiger partial charge in [-0.1, -0.05) is 12.1 Å². The van der Waals surface area contributed by atoms with Gasteiger partial charge in [0.25, 0.3) is 11.5 Å². The molecular weight excluding hydrogens is 332 g/mol. The summed E-state index contributed by atoms with van der Waals surface area (Å²) in [6.45, 7) is -1.14. The largest absolute Gasteiger partial charge is 0.435 e. The summed E-state index contributed by atoms with van der Waals surface area (Å²) in [5.74, 6) is 0.343. The lowest BCUT2D eigenvalue weighted by Gasteiger charge is -2.15. The van der Waals surface area contributed by atoms with Gasteiger partial charge < -0.3 is 15.0 Å². The Balaban J connectivity index is 1.69. The van der Waals surface area contributed by atoms with Crippen LogP contribution in [0.3, 0.4) is 0 Å². The second kappa shape index (κ2) is 7.00. The Hall–Kier alpha value is -2.77. The molecule has 1 amide bonds. The first-order chi connectivity index (χ1) is 11.9. The van der Waals surface area contributed by atoms with Crippen LogP contribution in [0, 0.1) is 0 Å². The second-order valence-electron chi connectivity index (χ2n) is 5.93. The third-order valence-electron chi connectivity index (χ3n) is 3.91. The van der Waals surface area contributed by atoms with Crippen LogP contribution in [0.15, 0.2) is 35.1 Å². The van der Waals surface area contributed by atoms with Crippen molar-refractivity contribution in [3.63, 3.8) is 0 Å². The van der Waals surface area contributed by atoms with E-state index in [0.717, 1.165) is 18.9 Å². The number of alkyl halides is 2. The van der Waals surface area contributed by atoms with Gasteiger partial charge in [-0.05, 0) is 37.5 Å². The number of carbonyl (C=O) groups is 1. The molecule has 3 rings (SSSR count). The number of nitrogens with zero attached hydrogens (tertiary/aromatic N) is 1. The standard InChI is InChI=1S/C17H17F2N3O3/c1-9(10-4-6-12(7-5-10)25-17(18)19)20-16(24)13-8-14(23)22-15(21-13)11-2-3-11/h4-9,11,17H,2-3H2,1H3,(H,20,24)(H,21,22,23)/t9-/m1/s1. The summed E-state index contributed by atoms with van der Waals surface area (Å²) in [6.07, 6.45) is 1.91. The molecule has 1 aromatic carbocycles. The molecule has 1 saturated carbocycles. The van der Waals surface area contributed by atoms with Crippen LogP contribution in [0.2, 0.25) is 0 Å². The summed E-state index contributed by atoms with van der Waals surface area (Å²) in [6, 6.07) is 6.75. The Kier molecular flexibility index (Phi) is 4.78. The van der Waals surface area contributed by atoms with Crippen molar-refractivity contribution in [2.24, 2.45) is 0 Å². The number of ether oxygens (including phenoxy) is 1. The summed E-state index contributed by atoms with van der Waals surface area (Å²) in [5, 5.41) is 2.74. The lowest BCUT2D eigenvalue weighted by atomic mass is 10.1. The van der Waals surface area contributed by atoms with Gasteiger partial charge in [0.15, 0.2) is 0 Å². The molecule has 1 aliphatic carbocycles. The molecule has 132 valence electrons. The summed E-state index contributed by atoms with van der Waals surface area (Å²) in [7, 11) is 0. The predicted octanol–water partition coefficient (Wildman–Crippen LogP) is 2.74. The molecule has 0 aliphatic heterocycles. The number of rotatable bonds is 6. The first-order valence-electron chi connectivity index (χ1n) is 7.89. The Morgan fingerprint density at radius 3 is 2.60 bits per heavy atom. The molecular formula is C17H17F2N3O3. The summed E-state index contributed by atoms with van der Waals surface area (Å²) in [4.78, 5) is 30.9. The number of H-pyrrole nitrogens is 1. The van der Waals surface area contributed by atoms with Gasteiger partial charge in [-0.15, -0.1) is 0 Å². The molecule has 6 nitrogen and oxygen atoms in total. The number of amides is 1. The lowest BCUT2D eigenvalue weighted by molar-refractivity contribution is -0.0498. The highest BCUT2D eigenvalue weighted by Gasteiger charge is 2.27. The summed E-state index contributed by atoms with van der Waals surface area (Å²) < 4.78 is 28.6. The fraction of sp³-hybridized carbons (Fsp3) is 0.353. The van der Waals surface area contributed by atoms with E-state index in [1.54, 1.807) is 19.1 Å². The van der Waals surface area contributed by atoms with E-state index in [1.807, 2.05) is 0 Å². The second-order valence-corrected chi connectivity index (χ2v) is 5.93. The van der Waals surface area contributed by atoms with Crippen LogP contribution in [-0.2, 0) is 0 Å². The third kappa shape index (κ3) is 4.40. The molecule has 1 aliphatic rings. The van der Waals surface area contributed by atoms with Gasteiger partial charge in [-0.25, -0.2) is 4.98 Å².